The Morgan fingerprint density at radius 2 is 2.17 bits per heavy atom. The molecule has 1 aliphatic rings. The normalized spacial score (nSPS) is 17.1. The standard InChI is InChI=1S/C12H18N2O4/c1-8(2)11-13-12(18-14-11)17-7-10(15)9-3-5-16-6-4-9/h8-9H,3-7H2,1-2H3. The Bertz CT molecular complexity index is 397. The van der Waals surface area contributed by atoms with Crippen LogP contribution in [0.15, 0.2) is 4.52 Å². The molecule has 0 spiro atoms. The van der Waals surface area contributed by atoms with E-state index in [1.54, 1.807) is 0 Å². The monoisotopic (exact) mass is 254 g/mol. The zero-order chi connectivity index (χ0) is 13.0. The zero-order valence-corrected chi connectivity index (χ0v) is 10.7. The van der Waals surface area contributed by atoms with Gasteiger partial charge in [0, 0.05) is 25.0 Å². The number of rotatable bonds is 5. The smallest absolute Gasteiger partial charge is 0.417 e. The van der Waals surface area contributed by atoms with E-state index in [1.165, 1.54) is 0 Å². The molecule has 0 atom stereocenters. The van der Waals surface area contributed by atoms with E-state index in [9.17, 15) is 4.79 Å². The summed E-state index contributed by atoms with van der Waals surface area (Å²) < 4.78 is 15.3. The van der Waals surface area contributed by atoms with Gasteiger partial charge in [-0.25, -0.2) is 0 Å². The summed E-state index contributed by atoms with van der Waals surface area (Å²) in [4.78, 5) is 15.9. The van der Waals surface area contributed by atoms with Crippen molar-refractivity contribution in [1.82, 2.24) is 10.1 Å². The van der Waals surface area contributed by atoms with Gasteiger partial charge < -0.3 is 9.47 Å². The van der Waals surface area contributed by atoms with E-state index in [0.717, 1.165) is 12.8 Å². The third kappa shape index (κ3) is 3.29. The van der Waals surface area contributed by atoms with Crippen LogP contribution in [-0.2, 0) is 9.53 Å². The fourth-order valence-corrected chi connectivity index (χ4v) is 1.78. The van der Waals surface area contributed by atoms with Crippen molar-refractivity contribution in [2.24, 2.45) is 5.92 Å². The van der Waals surface area contributed by atoms with Crippen molar-refractivity contribution in [3.05, 3.63) is 5.82 Å². The van der Waals surface area contributed by atoms with E-state index in [1.807, 2.05) is 13.8 Å². The molecule has 6 heteroatoms. The first kappa shape index (κ1) is 13.0. The van der Waals surface area contributed by atoms with Crippen molar-refractivity contribution < 1.29 is 18.8 Å². The van der Waals surface area contributed by atoms with Crippen molar-refractivity contribution in [2.45, 2.75) is 32.6 Å². The largest absolute Gasteiger partial charge is 0.441 e. The molecule has 100 valence electrons. The Kier molecular flexibility index (Phi) is 4.30. The van der Waals surface area contributed by atoms with Gasteiger partial charge in [0.25, 0.3) is 0 Å². The molecule has 1 aromatic rings. The van der Waals surface area contributed by atoms with E-state index >= 15 is 0 Å². The molecule has 18 heavy (non-hydrogen) atoms. The highest BCUT2D eigenvalue weighted by Gasteiger charge is 2.22. The quantitative estimate of drug-likeness (QED) is 0.794. The van der Waals surface area contributed by atoms with Gasteiger partial charge in [-0.3, -0.25) is 9.32 Å². The maximum absolute atomic E-state index is 11.8. The average Bonchev–Trinajstić information content (AvgIpc) is 2.86. The summed E-state index contributed by atoms with van der Waals surface area (Å²) in [6.07, 6.45) is 1.60. The fraction of sp³-hybridized carbons (Fsp3) is 0.750. The molecule has 0 radical (unpaired) electrons. The summed E-state index contributed by atoms with van der Waals surface area (Å²) in [7, 11) is 0. The minimum Gasteiger partial charge on any atom is -0.441 e. The minimum atomic E-state index is -0.00953. The second-order valence-electron chi connectivity index (χ2n) is 4.71. The van der Waals surface area contributed by atoms with Crippen LogP contribution in [0, 0.1) is 5.92 Å². The number of ether oxygens (including phenoxy) is 2. The molecule has 0 bridgehead atoms. The number of aromatic nitrogens is 2. The van der Waals surface area contributed by atoms with Crippen LogP contribution in [-0.4, -0.2) is 35.7 Å². The van der Waals surface area contributed by atoms with Crippen molar-refractivity contribution in [3.8, 4) is 6.08 Å². The zero-order valence-electron chi connectivity index (χ0n) is 10.7. The van der Waals surface area contributed by atoms with E-state index in [4.69, 9.17) is 14.0 Å². The van der Waals surface area contributed by atoms with Gasteiger partial charge in [-0.05, 0) is 12.8 Å². The van der Waals surface area contributed by atoms with E-state index < -0.39 is 0 Å². The Morgan fingerprint density at radius 3 is 2.78 bits per heavy atom. The summed E-state index contributed by atoms with van der Waals surface area (Å²) in [5.41, 5.74) is 0. The minimum absolute atomic E-state index is 0.00953. The molecule has 0 amide bonds. The van der Waals surface area contributed by atoms with E-state index in [-0.39, 0.29) is 30.3 Å². The molecular formula is C12H18N2O4. The number of nitrogens with zero attached hydrogens (tertiary/aromatic N) is 2. The number of Topliss-reactive ketones (excluding diaryl/α,β-unsaturated/α-hetero) is 1. The summed E-state index contributed by atoms with van der Waals surface area (Å²) in [6.45, 7) is 5.21. The molecule has 0 unspecified atom stereocenters. The lowest BCUT2D eigenvalue weighted by atomic mass is 9.96. The predicted molar refractivity (Wildman–Crippen MR) is 62.4 cm³/mol. The Morgan fingerprint density at radius 1 is 1.44 bits per heavy atom. The van der Waals surface area contributed by atoms with Gasteiger partial charge in [0.1, 0.15) is 0 Å². The van der Waals surface area contributed by atoms with Crippen molar-refractivity contribution in [1.29, 1.82) is 0 Å². The molecule has 0 aliphatic carbocycles. The average molecular weight is 254 g/mol. The highest BCUT2D eigenvalue weighted by atomic mass is 16.6. The Hall–Kier alpha value is -1.43. The first-order valence-corrected chi connectivity index (χ1v) is 6.23. The SMILES string of the molecule is CC(C)c1noc(OCC(=O)C2CCOCC2)n1. The second-order valence-corrected chi connectivity index (χ2v) is 4.71. The molecule has 1 saturated heterocycles. The molecule has 2 rings (SSSR count). The van der Waals surface area contributed by atoms with Crippen LogP contribution >= 0.6 is 0 Å². The third-order valence-electron chi connectivity index (χ3n) is 2.95. The van der Waals surface area contributed by atoms with Crippen LogP contribution in [0.3, 0.4) is 0 Å². The van der Waals surface area contributed by atoms with Gasteiger partial charge in [0.05, 0.1) is 0 Å². The summed E-state index contributed by atoms with van der Waals surface area (Å²) in [5, 5.41) is 3.76. The van der Waals surface area contributed by atoms with Crippen LogP contribution in [0.25, 0.3) is 0 Å². The van der Waals surface area contributed by atoms with Gasteiger partial charge in [0.2, 0.25) is 0 Å². The maximum Gasteiger partial charge on any atom is 0.417 e. The molecule has 0 aromatic carbocycles. The number of hydrogen-bond donors (Lipinski definition) is 0. The highest BCUT2D eigenvalue weighted by Crippen LogP contribution is 2.17. The van der Waals surface area contributed by atoms with E-state index in [0.29, 0.717) is 19.0 Å². The molecule has 1 aliphatic heterocycles. The fourth-order valence-electron chi connectivity index (χ4n) is 1.78. The molecule has 0 N–H and O–H groups in total. The van der Waals surface area contributed by atoms with Crippen LogP contribution in [0.4, 0.5) is 0 Å². The Balaban J connectivity index is 1.81. The molecule has 1 aromatic heterocycles. The number of ketones is 1. The van der Waals surface area contributed by atoms with Crippen molar-refractivity contribution in [2.75, 3.05) is 19.8 Å². The predicted octanol–water partition coefficient (Wildman–Crippen LogP) is 1.57. The van der Waals surface area contributed by atoms with Crippen LogP contribution in [0.1, 0.15) is 38.4 Å². The van der Waals surface area contributed by atoms with Crippen LogP contribution in [0.2, 0.25) is 0 Å². The first-order valence-electron chi connectivity index (χ1n) is 6.23. The van der Waals surface area contributed by atoms with Crippen molar-refractivity contribution in [3.63, 3.8) is 0 Å². The third-order valence-corrected chi connectivity index (χ3v) is 2.95. The lowest BCUT2D eigenvalue weighted by Gasteiger charge is -2.20. The number of carbonyl (C=O) groups excluding carboxylic acids is 1. The summed E-state index contributed by atoms with van der Waals surface area (Å²) in [6, 6.07) is 0. The molecule has 1 fully saturated rings. The second kappa shape index (κ2) is 5.95. The van der Waals surface area contributed by atoms with Gasteiger partial charge in [0.15, 0.2) is 18.2 Å². The topological polar surface area (TPSA) is 74.5 Å². The maximum atomic E-state index is 11.8. The van der Waals surface area contributed by atoms with E-state index in [2.05, 4.69) is 10.1 Å². The molecule has 2 heterocycles. The van der Waals surface area contributed by atoms with Gasteiger partial charge in [-0.2, -0.15) is 4.98 Å². The number of hydrogen-bond acceptors (Lipinski definition) is 6. The van der Waals surface area contributed by atoms with Gasteiger partial charge in [-0.1, -0.05) is 19.0 Å². The summed E-state index contributed by atoms with van der Waals surface area (Å²) >= 11 is 0. The van der Waals surface area contributed by atoms with Gasteiger partial charge in [-0.15, -0.1) is 0 Å². The first-order chi connectivity index (χ1) is 8.66. The van der Waals surface area contributed by atoms with Crippen LogP contribution < -0.4 is 4.74 Å². The molecular weight excluding hydrogens is 236 g/mol. The lowest BCUT2D eigenvalue weighted by Crippen LogP contribution is -2.27. The van der Waals surface area contributed by atoms with Crippen LogP contribution in [0.5, 0.6) is 6.08 Å². The molecule has 6 nitrogen and oxygen atoms in total. The van der Waals surface area contributed by atoms with Crippen molar-refractivity contribution >= 4 is 5.78 Å². The highest BCUT2D eigenvalue weighted by molar-refractivity contribution is 5.82. The number of carbonyl (C=O) groups is 1. The van der Waals surface area contributed by atoms with Gasteiger partial charge >= 0.3 is 6.08 Å². The summed E-state index contributed by atoms with van der Waals surface area (Å²) in [5.74, 6) is 0.870. The lowest BCUT2D eigenvalue weighted by molar-refractivity contribution is -0.128. The Labute approximate surface area is 106 Å². The molecule has 0 saturated carbocycles.